The van der Waals surface area contributed by atoms with E-state index in [0.717, 1.165) is 11.1 Å². The van der Waals surface area contributed by atoms with Gasteiger partial charge in [-0.1, -0.05) is 60.7 Å². The Balaban J connectivity index is 1.50. The molecule has 1 spiro atoms. The smallest absolute Gasteiger partial charge is 0.246 e. The van der Waals surface area contributed by atoms with Crippen LogP contribution in [0.1, 0.15) is 43.9 Å². The minimum Gasteiger partial charge on any atom is -0.394 e. The number of ether oxygens (including phenoxy) is 1. The van der Waals surface area contributed by atoms with E-state index in [2.05, 4.69) is 10.6 Å². The summed E-state index contributed by atoms with van der Waals surface area (Å²) in [5, 5.41) is 16.3. The van der Waals surface area contributed by atoms with E-state index in [0.29, 0.717) is 19.4 Å². The maximum atomic E-state index is 14.1. The summed E-state index contributed by atoms with van der Waals surface area (Å²) in [6, 6.07) is 17.0. The Hall–Kier alpha value is -3.23. The van der Waals surface area contributed by atoms with Crippen molar-refractivity contribution in [1.82, 2.24) is 15.5 Å². The van der Waals surface area contributed by atoms with E-state index in [1.807, 2.05) is 74.5 Å². The maximum absolute atomic E-state index is 14.1. The molecule has 3 aliphatic rings. The molecule has 3 saturated heterocycles. The van der Waals surface area contributed by atoms with Gasteiger partial charge in [-0.3, -0.25) is 14.4 Å². The molecule has 2 bridgehead atoms. The molecule has 6 atom stereocenters. The van der Waals surface area contributed by atoms with Crippen molar-refractivity contribution >= 4 is 17.7 Å². The SMILES string of the molecule is CC(C)NC(=O)C1N([C@H](CO)c2ccccc2)C(=O)[C@@H]2[C@@H](C(=O)NCc3ccccc3)[C@H]3CCC12O3. The fourth-order valence-corrected chi connectivity index (χ4v) is 6.32. The molecule has 3 amide bonds. The van der Waals surface area contributed by atoms with Gasteiger partial charge in [-0.25, -0.2) is 0 Å². The lowest BCUT2D eigenvalue weighted by atomic mass is 9.70. The minimum absolute atomic E-state index is 0.141. The zero-order chi connectivity index (χ0) is 25.4. The third-order valence-corrected chi connectivity index (χ3v) is 7.72. The van der Waals surface area contributed by atoms with Crippen LogP contribution in [0, 0.1) is 11.8 Å². The number of likely N-dealkylation sites (tertiary alicyclic amines) is 1. The van der Waals surface area contributed by atoms with E-state index in [1.54, 1.807) is 0 Å². The van der Waals surface area contributed by atoms with Gasteiger partial charge in [0.2, 0.25) is 17.7 Å². The summed E-state index contributed by atoms with van der Waals surface area (Å²) in [7, 11) is 0. The second-order valence-electron chi connectivity index (χ2n) is 10.3. The zero-order valence-electron chi connectivity index (χ0n) is 20.6. The minimum atomic E-state index is -1.10. The molecule has 5 rings (SSSR count). The predicted octanol–water partition coefficient (Wildman–Crippen LogP) is 1.94. The molecule has 3 N–H and O–H groups in total. The first-order chi connectivity index (χ1) is 17.4. The van der Waals surface area contributed by atoms with Crippen LogP contribution >= 0.6 is 0 Å². The number of benzene rings is 2. The van der Waals surface area contributed by atoms with Crippen LogP contribution in [0.4, 0.5) is 0 Å². The van der Waals surface area contributed by atoms with Gasteiger partial charge in [-0.15, -0.1) is 0 Å². The summed E-state index contributed by atoms with van der Waals surface area (Å²) in [6.45, 7) is 3.72. The lowest BCUT2D eigenvalue weighted by Gasteiger charge is -2.37. The first kappa shape index (κ1) is 24.5. The molecule has 2 aromatic carbocycles. The van der Waals surface area contributed by atoms with Crippen molar-refractivity contribution in [3.8, 4) is 0 Å². The van der Waals surface area contributed by atoms with Crippen molar-refractivity contribution in [3.05, 3.63) is 71.8 Å². The molecular formula is C28H33N3O5. The topological polar surface area (TPSA) is 108 Å². The highest BCUT2D eigenvalue weighted by molar-refractivity contribution is 5.99. The summed E-state index contributed by atoms with van der Waals surface area (Å²) in [4.78, 5) is 42.7. The van der Waals surface area contributed by atoms with Crippen molar-refractivity contribution in [2.75, 3.05) is 6.61 Å². The van der Waals surface area contributed by atoms with Crippen LogP contribution < -0.4 is 10.6 Å². The van der Waals surface area contributed by atoms with Crippen LogP contribution in [0.25, 0.3) is 0 Å². The number of amides is 3. The summed E-state index contributed by atoms with van der Waals surface area (Å²) in [6.07, 6.45) is 0.688. The quantitative estimate of drug-likeness (QED) is 0.523. The lowest BCUT2D eigenvalue weighted by Crippen LogP contribution is -2.57. The number of carbonyl (C=O) groups excluding carboxylic acids is 3. The average molecular weight is 492 g/mol. The van der Waals surface area contributed by atoms with Crippen molar-refractivity contribution in [1.29, 1.82) is 0 Å². The van der Waals surface area contributed by atoms with Gasteiger partial charge in [-0.2, -0.15) is 0 Å². The molecule has 3 heterocycles. The Kier molecular flexibility index (Phi) is 6.57. The normalized spacial score (nSPS) is 29.3. The van der Waals surface area contributed by atoms with E-state index in [-0.39, 0.29) is 30.4 Å². The zero-order valence-corrected chi connectivity index (χ0v) is 20.6. The number of aliphatic hydroxyl groups is 1. The Morgan fingerprint density at radius 3 is 2.39 bits per heavy atom. The van der Waals surface area contributed by atoms with Crippen LogP contribution in [-0.2, 0) is 25.7 Å². The lowest BCUT2D eigenvalue weighted by molar-refractivity contribution is -0.146. The maximum Gasteiger partial charge on any atom is 0.246 e. The number of hydrogen-bond acceptors (Lipinski definition) is 5. The van der Waals surface area contributed by atoms with Gasteiger partial charge in [0.1, 0.15) is 11.6 Å². The van der Waals surface area contributed by atoms with E-state index in [1.165, 1.54) is 4.90 Å². The first-order valence-corrected chi connectivity index (χ1v) is 12.6. The van der Waals surface area contributed by atoms with Gasteiger partial charge >= 0.3 is 0 Å². The van der Waals surface area contributed by atoms with Crippen molar-refractivity contribution in [2.45, 2.75) is 63.1 Å². The largest absolute Gasteiger partial charge is 0.394 e. The number of hydrogen-bond donors (Lipinski definition) is 3. The second kappa shape index (κ2) is 9.67. The van der Waals surface area contributed by atoms with E-state index in [9.17, 15) is 19.5 Å². The van der Waals surface area contributed by atoms with E-state index in [4.69, 9.17) is 4.74 Å². The average Bonchev–Trinajstić information content (AvgIpc) is 3.52. The Morgan fingerprint density at radius 2 is 1.75 bits per heavy atom. The molecule has 2 aromatic rings. The summed E-state index contributed by atoms with van der Waals surface area (Å²) in [5.74, 6) is -2.35. The fourth-order valence-electron chi connectivity index (χ4n) is 6.32. The highest BCUT2D eigenvalue weighted by atomic mass is 16.5. The number of aliphatic hydroxyl groups excluding tert-OH is 1. The van der Waals surface area contributed by atoms with Gasteiger partial charge < -0.3 is 25.4 Å². The number of nitrogens with zero attached hydrogens (tertiary/aromatic N) is 1. The molecule has 0 saturated carbocycles. The molecule has 2 unspecified atom stereocenters. The molecule has 3 aliphatic heterocycles. The second-order valence-corrected chi connectivity index (χ2v) is 10.3. The van der Waals surface area contributed by atoms with Gasteiger partial charge in [0, 0.05) is 12.6 Å². The molecule has 0 aliphatic carbocycles. The number of rotatable bonds is 8. The van der Waals surface area contributed by atoms with Crippen molar-refractivity contribution < 1.29 is 24.2 Å². The molecule has 0 radical (unpaired) electrons. The van der Waals surface area contributed by atoms with Crippen LogP contribution in [0.5, 0.6) is 0 Å². The van der Waals surface area contributed by atoms with Gasteiger partial charge in [0.25, 0.3) is 0 Å². The monoisotopic (exact) mass is 491 g/mol. The molecule has 0 aromatic heterocycles. The molecule has 190 valence electrons. The van der Waals surface area contributed by atoms with Crippen LogP contribution in [-0.4, -0.2) is 58.1 Å². The first-order valence-electron chi connectivity index (χ1n) is 12.6. The highest BCUT2D eigenvalue weighted by Gasteiger charge is 2.75. The Morgan fingerprint density at radius 1 is 1.08 bits per heavy atom. The summed E-state index contributed by atoms with van der Waals surface area (Å²) >= 11 is 0. The number of nitrogens with one attached hydrogen (secondary N) is 2. The van der Waals surface area contributed by atoms with Crippen molar-refractivity contribution in [3.63, 3.8) is 0 Å². The molecule has 8 nitrogen and oxygen atoms in total. The van der Waals surface area contributed by atoms with Crippen LogP contribution in [0.3, 0.4) is 0 Å². The number of fused-ring (bicyclic) bond motifs is 1. The Labute approximate surface area is 211 Å². The summed E-state index contributed by atoms with van der Waals surface area (Å²) < 4.78 is 6.45. The predicted molar refractivity (Wildman–Crippen MR) is 132 cm³/mol. The van der Waals surface area contributed by atoms with Gasteiger partial charge in [-0.05, 0) is 37.8 Å². The van der Waals surface area contributed by atoms with Gasteiger partial charge in [0.05, 0.1) is 30.6 Å². The molecular weight excluding hydrogens is 458 g/mol. The number of carbonyl (C=O) groups is 3. The standard InChI is InChI=1S/C28H33N3O5/c1-17(2)30-26(34)24-28-14-13-21(36-28)22(25(33)29-15-18-9-5-3-6-10-18)23(28)27(35)31(24)20(16-32)19-11-7-4-8-12-19/h3-12,17,20-24,32H,13-16H2,1-2H3,(H,29,33)(H,30,34)/t20-,21-,22+,23+,24?,28?/m1/s1. The Bertz CT molecular complexity index is 1120. The van der Waals surface area contributed by atoms with Crippen molar-refractivity contribution in [2.24, 2.45) is 11.8 Å². The van der Waals surface area contributed by atoms with E-state index < -0.39 is 35.6 Å². The molecule has 3 fully saturated rings. The van der Waals surface area contributed by atoms with E-state index >= 15 is 0 Å². The molecule has 36 heavy (non-hydrogen) atoms. The summed E-state index contributed by atoms with van der Waals surface area (Å²) in [5.41, 5.74) is 0.590. The third-order valence-electron chi connectivity index (χ3n) is 7.72. The third kappa shape index (κ3) is 3.98. The molecule has 8 heteroatoms. The van der Waals surface area contributed by atoms with Gasteiger partial charge in [0.15, 0.2) is 0 Å². The van der Waals surface area contributed by atoms with Crippen LogP contribution in [0.15, 0.2) is 60.7 Å². The highest BCUT2D eigenvalue weighted by Crippen LogP contribution is 2.59. The fraction of sp³-hybridized carbons (Fsp3) is 0.464. The van der Waals surface area contributed by atoms with Crippen LogP contribution in [0.2, 0.25) is 0 Å².